The summed E-state index contributed by atoms with van der Waals surface area (Å²) < 4.78 is 0.916. The first-order chi connectivity index (χ1) is 5.63. The number of carbonyl (C=O) groups is 1. The summed E-state index contributed by atoms with van der Waals surface area (Å²) in [5.41, 5.74) is 1.47. The minimum absolute atomic E-state index is 0.00556. The van der Waals surface area contributed by atoms with Crippen LogP contribution in [0.25, 0.3) is 0 Å². The molecule has 0 saturated carbocycles. The molecule has 0 aliphatic rings. The summed E-state index contributed by atoms with van der Waals surface area (Å²) in [6.45, 7) is 3.53. The molecule has 1 aromatic rings. The molecule has 0 unspecified atom stereocenters. The Kier molecular flexibility index (Phi) is 2.98. The monoisotopic (exact) mass is 227 g/mol. The number of aryl methyl sites for hydroxylation is 1. The molecule has 0 amide bonds. The van der Waals surface area contributed by atoms with Gasteiger partial charge in [0, 0.05) is 17.1 Å². The van der Waals surface area contributed by atoms with E-state index in [0.717, 1.165) is 16.6 Å². The first-order valence-corrected chi connectivity index (χ1v) is 4.60. The predicted molar refractivity (Wildman–Crippen MR) is 51.3 cm³/mol. The molecule has 0 aliphatic carbocycles. The Morgan fingerprint density at radius 1 is 1.58 bits per heavy atom. The van der Waals surface area contributed by atoms with Crippen LogP contribution in [0.5, 0.6) is 0 Å². The Balaban J connectivity index is 3.15. The first kappa shape index (κ1) is 9.39. The number of halogens is 1. The number of hydrogen-bond acceptors (Lipinski definition) is 2. The molecule has 1 rings (SSSR count). The zero-order valence-electron chi connectivity index (χ0n) is 7.10. The minimum atomic E-state index is 0.00556. The lowest BCUT2D eigenvalue weighted by Crippen LogP contribution is -1.99. The number of aromatic nitrogens is 1. The van der Waals surface area contributed by atoms with Crippen molar-refractivity contribution < 1.29 is 4.79 Å². The Hall–Kier alpha value is -0.700. The fourth-order valence-electron chi connectivity index (χ4n) is 0.912. The number of Topliss-reactive ketones (excluding diaryl/α,β-unsaturated/α-hetero) is 1. The molecule has 0 spiro atoms. The average molecular weight is 228 g/mol. The summed E-state index contributed by atoms with van der Waals surface area (Å²) in [4.78, 5) is 15.2. The predicted octanol–water partition coefficient (Wildman–Crippen LogP) is 2.61. The Morgan fingerprint density at radius 3 is 2.75 bits per heavy atom. The lowest BCUT2D eigenvalue weighted by atomic mass is 10.2. The van der Waals surface area contributed by atoms with Gasteiger partial charge in [0.25, 0.3) is 0 Å². The van der Waals surface area contributed by atoms with Crippen LogP contribution in [0.3, 0.4) is 0 Å². The van der Waals surface area contributed by atoms with E-state index in [-0.39, 0.29) is 5.78 Å². The number of carbonyl (C=O) groups excluding carboxylic acids is 1. The van der Waals surface area contributed by atoms with Gasteiger partial charge in [0.2, 0.25) is 0 Å². The minimum Gasteiger partial charge on any atom is -0.293 e. The zero-order valence-corrected chi connectivity index (χ0v) is 8.68. The summed E-state index contributed by atoms with van der Waals surface area (Å²) >= 11 is 3.33. The van der Waals surface area contributed by atoms with Crippen LogP contribution in [0.4, 0.5) is 0 Å². The molecule has 0 N–H and O–H groups in total. The van der Waals surface area contributed by atoms with Crippen molar-refractivity contribution in [2.24, 2.45) is 0 Å². The number of rotatable bonds is 2. The summed E-state index contributed by atoms with van der Waals surface area (Å²) in [5.74, 6) is 0.00556. The van der Waals surface area contributed by atoms with Crippen molar-refractivity contribution in [3.8, 4) is 0 Å². The quantitative estimate of drug-likeness (QED) is 0.728. The third-order valence-electron chi connectivity index (χ3n) is 1.57. The van der Waals surface area contributed by atoms with Crippen molar-refractivity contribution in [2.75, 3.05) is 0 Å². The second kappa shape index (κ2) is 3.81. The van der Waals surface area contributed by atoms with E-state index in [2.05, 4.69) is 20.9 Å². The van der Waals surface area contributed by atoms with Crippen LogP contribution < -0.4 is 0 Å². The van der Waals surface area contributed by atoms with Crippen molar-refractivity contribution in [1.82, 2.24) is 4.98 Å². The molecule has 1 aromatic heterocycles. The molecule has 0 bridgehead atoms. The van der Waals surface area contributed by atoms with Gasteiger partial charge < -0.3 is 0 Å². The van der Waals surface area contributed by atoms with E-state index in [1.807, 2.05) is 13.0 Å². The number of nitrogens with zero attached hydrogens (tertiary/aromatic N) is 1. The summed E-state index contributed by atoms with van der Waals surface area (Å²) in [5, 5.41) is 0. The molecule has 1 heterocycles. The fourth-order valence-corrected chi connectivity index (χ4v) is 1.39. The van der Waals surface area contributed by atoms with E-state index in [9.17, 15) is 4.79 Å². The molecule has 64 valence electrons. The highest BCUT2D eigenvalue weighted by atomic mass is 79.9. The van der Waals surface area contributed by atoms with E-state index in [1.165, 1.54) is 6.92 Å². The number of hydrogen-bond donors (Lipinski definition) is 0. The van der Waals surface area contributed by atoms with Gasteiger partial charge in [-0.25, -0.2) is 4.98 Å². The number of ketones is 1. The SMILES string of the molecule is CCc1cc(Br)cc(C(C)=O)n1. The Labute approximate surface area is 80.1 Å². The Morgan fingerprint density at radius 2 is 2.25 bits per heavy atom. The highest BCUT2D eigenvalue weighted by Crippen LogP contribution is 2.13. The van der Waals surface area contributed by atoms with Gasteiger partial charge in [0.15, 0.2) is 5.78 Å². The molecule has 0 aliphatic heterocycles. The van der Waals surface area contributed by atoms with E-state index in [1.54, 1.807) is 6.07 Å². The smallest absolute Gasteiger partial charge is 0.178 e. The van der Waals surface area contributed by atoms with E-state index in [0.29, 0.717) is 5.69 Å². The molecule has 0 atom stereocenters. The van der Waals surface area contributed by atoms with Crippen molar-refractivity contribution in [2.45, 2.75) is 20.3 Å². The van der Waals surface area contributed by atoms with Crippen LogP contribution in [0.15, 0.2) is 16.6 Å². The van der Waals surface area contributed by atoms with Gasteiger partial charge in [-0.15, -0.1) is 0 Å². The average Bonchev–Trinajstić information content (AvgIpc) is 2.03. The first-order valence-electron chi connectivity index (χ1n) is 3.81. The Bertz CT molecular complexity index is 309. The third kappa shape index (κ3) is 2.14. The van der Waals surface area contributed by atoms with Crippen LogP contribution in [-0.4, -0.2) is 10.8 Å². The summed E-state index contributed by atoms with van der Waals surface area (Å²) in [6.07, 6.45) is 0.847. The van der Waals surface area contributed by atoms with Gasteiger partial charge in [-0.05, 0) is 18.6 Å². The molecule has 2 nitrogen and oxygen atoms in total. The largest absolute Gasteiger partial charge is 0.293 e. The van der Waals surface area contributed by atoms with Crippen molar-refractivity contribution >= 4 is 21.7 Å². The van der Waals surface area contributed by atoms with Crippen molar-refractivity contribution in [3.63, 3.8) is 0 Å². The second-order valence-electron chi connectivity index (χ2n) is 2.57. The molecular weight excluding hydrogens is 218 g/mol. The van der Waals surface area contributed by atoms with E-state index < -0.39 is 0 Å². The zero-order chi connectivity index (χ0) is 9.14. The number of pyridine rings is 1. The highest BCUT2D eigenvalue weighted by Gasteiger charge is 2.03. The molecule has 3 heteroatoms. The highest BCUT2D eigenvalue weighted by molar-refractivity contribution is 9.10. The second-order valence-corrected chi connectivity index (χ2v) is 3.49. The maximum Gasteiger partial charge on any atom is 0.178 e. The normalized spacial score (nSPS) is 9.92. The van der Waals surface area contributed by atoms with Gasteiger partial charge in [0.05, 0.1) is 0 Å². The molecule has 0 fully saturated rings. The van der Waals surface area contributed by atoms with Crippen LogP contribution in [0.1, 0.15) is 30.0 Å². The van der Waals surface area contributed by atoms with Gasteiger partial charge in [0.1, 0.15) is 5.69 Å². The lowest BCUT2D eigenvalue weighted by Gasteiger charge is -2.00. The van der Waals surface area contributed by atoms with E-state index in [4.69, 9.17) is 0 Å². The van der Waals surface area contributed by atoms with Gasteiger partial charge >= 0.3 is 0 Å². The third-order valence-corrected chi connectivity index (χ3v) is 2.02. The van der Waals surface area contributed by atoms with Gasteiger partial charge in [-0.3, -0.25) is 4.79 Å². The van der Waals surface area contributed by atoms with E-state index >= 15 is 0 Å². The summed E-state index contributed by atoms with van der Waals surface area (Å²) in [6, 6.07) is 3.66. The van der Waals surface area contributed by atoms with Crippen molar-refractivity contribution in [3.05, 3.63) is 28.0 Å². The molecular formula is C9H10BrNO. The van der Waals surface area contributed by atoms with Crippen LogP contribution in [-0.2, 0) is 6.42 Å². The molecule has 0 saturated heterocycles. The topological polar surface area (TPSA) is 30.0 Å². The standard InChI is InChI=1S/C9H10BrNO/c1-3-8-4-7(10)5-9(11-8)6(2)12/h4-5H,3H2,1-2H3. The van der Waals surface area contributed by atoms with Gasteiger partial charge in [-0.1, -0.05) is 22.9 Å². The van der Waals surface area contributed by atoms with Crippen molar-refractivity contribution in [1.29, 1.82) is 0 Å². The lowest BCUT2D eigenvalue weighted by molar-refractivity contribution is 0.101. The van der Waals surface area contributed by atoms with Crippen LogP contribution >= 0.6 is 15.9 Å². The maximum atomic E-state index is 11.0. The fraction of sp³-hybridized carbons (Fsp3) is 0.333. The molecule has 0 radical (unpaired) electrons. The molecule has 12 heavy (non-hydrogen) atoms. The molecule has 0 aromatic carbocycles. The summed E-state index contributed by atoms with van der Waals surface area (Å²) in [7, 11) is 0. The van der Waals surface area contributed by atoms with Crippen LogP contribution in [0.2, 0.25) is 0 Å². The van der Waals surface area contributed by atoms with Gasteiger partial charge in [-0.2, -0.15) is 0 Å². The maximum absolute atomic E-state index is 11.0. The van der Waals surface area contributed by atoms with Crippen LogP contribution in [0, 0.1) is 0 Å².